The van der Waals surface area contributed by atoms with Gasteiger partial charge in [0, 0.05) is 25.7 Å². The summed E-state index contributed by atoms with van der Waals surface area (Å²) in [4.78, 5) is 28.0. The summed E-state index contributed by atoms with van der Waals surface area (Å²) in [5.41, 5.74) is 2.05. The van der Waals surface area contributed by atoms with E-state index in [0.29, 0.717) is 0 Å². The third kappa shape index (κ3) is 5.66. The van der Waals surface area contributed by atoms with Gasteiger partial charge in [0.1, 0.15) is 6.54 Å². The van der Waals surface area contributed by atoms with Crippen molar-refractivity contribution in [3.8, 4) is 0 Å². The van der Waals surface area contributed by atoms with Gasteiger partial charge < -0.3 is 9.80 Å². The Bertz CT molecular complexity index is 538. The molecule has 0 saturated heterocycles. The average Bonchev–Trinajstić information content (AvgIpc) is 2.51. The Balaban J connectivity index is 2.94. The molecule has 24 heavy (non-hydrogen) atoms. The van der Waals surface area contributed by atoms with Gasteiger partial charge in [-0.25, -0.2) is 0 Å². The van der Waals surface area contributed by atoms with Crippen molar-refractivity contribution < 1.29 is 9.59 Å². The molecule has 1 aromatic carbocycles. The van der Waals surface area contributed by atoms with Crippen molar-refractivity contribution in [2.24, 2.45) is 0 Å². The highest BCUT2D eigenvalue weighted by atomic mass is 16.2. The van der Waals surface area contributed by atoms with Gasteiger partial charge in [-0.2, -0.15) is 0 Å². The zero-order chi connectivity index (χ0) is 18.3. The number of rotatable bonds is 7. The number of nitrogens with zero attached hydrogens (tertiary/aromatic N) is 2. The van der Waals surface area contributed by atoms with E-state index in [4.69, 9.17) is 0 Å². The van der Waals surface area contributed by atoms with Gasteiger partial charge in [-0.15, -0.1) is 0 Å². The second kappa shape index (κ2) is 8.86. The van der Waals surface area contributed by atoms with Crippen LogP contribution in [0.4, 0.5) is 5.69 Å². The van der Waals surface area contributed by atoms with Crippen molar-refractivity contribution in [2.45, 2.75) is 59.8 Å². The normalized spacial score (nSPS) is 11.2. The lowest BCUT2D eigenvalue weighted by atomic mass is 9.87. The lowest BCUT2D eigenvalue weighted by Gasteiger charge is -2.27. The van der Waals surface area contributed by atoms with E-state index in [1.807, 2.05) is 29.2 Å². The van der Waals surface area contributed by atoms with Crippen molar-refractivity contribution in [3.05, 3.63) is 29.8 Å². The van der Waals surface area contributed by atoms with Gasteiger partial charge >= 0.3 is 0 Å². The molecule has 0 fully saturated rings. The Hall–Kier alpha value is -1.84. The van der Waals surface area contributed by atoms with Crippen molar-refractivity contribution in [3.63, 3.8) is 0 Å². The second-order valence-corrected chi connectivity index (χ2v) is 7.28. The molecule has 0 N–H and O–H groups in total. The summed E-state index contributed by atoms with van der Waals surface area (Å²) in [6.07, 6.45) is 1.85. The van der Waals surface area contributed by atoms with Crippen LogP contribution < -0.4 is 4.90 Å². The quantitative estimate of drug-likeness (QED) is 0.757. The summed E-state index contributed by atoms with van der Waals surface area (Å²) in [6.45, 7) is 13.7. The van der Waals surface area contributed by atoms with Crippen LogP contribution in [0.3, 0.4) is 0 Å². The fraction of sp³-hybridized carbons (Fsp3) is 0.600. The Morgan fingerprint density at radius 2 is 1.46 bits per heavy atom. The molecule has 2 amide bonds. The number of carbonyl (C=O) groups excluding carboxylic acids is 2. The third-order valence-electron chi connectivity index (χ3n) is 4.06. The van der Waals surface area contributed by atoms with Crippen LogP contribution in [0, 0.1) is 0 Å². The topological polar surface area (TPSA) is 40.6 Å². The molecule has 0 bridgehead atoms. The van der Waals surface area contributed by atoms with Crippen LogP contribution in [0.5, 0.6) is 0 Å². The van der Waals surface area contributed by atoms with Crippen molar-refractivity contribution in [1.82, 2.24) is 4.90 Å². The number of hydrogen-bond donors (Lipinski definition) is 0. The van der Waals surface area contributed by atoms with E-state index in [-0.39, 0.29) is 23.8 Å². The van der Waals surface area contributed by atoms with Gasteiger partial charge in [-0.05, 0) is 36.0 Å². The molecular formula is C20H32N2O2. The highest BCUT2D eigenvalue weighted by molar-refractivity contribution is 5.97. The minimum atomic E-state index is -0.111. The molecule has 0 unspecified atom stereocenters. The molecule has 0 aliphatic carbocycles. The fourth-order valence-corrected chi connectivity index (χ4v) is 2.66. The maximum absolute atomic E-state index is 12.6. The summed E-state index contributed by atoms with van der Waals surface area (Å²) in [5, 5.41) is 0. The van der Waals surface area contributed by atoms with E-state index in [2.05, 4.69) is 34.6 Å². The van der Waals surface area contributed by atoms with Crippen LogP contribution in [0.1, 0.15) is 59.9 Å². The van der Waals surface area contributed by atoms with Crippen molar-refractivity contribution >= 4 is 17.5 Å². The van der Waals surface area contributed by atoms with Gasteiger partial charge in [0.05, 0.1) is 0 Å². The Morgan fingerprint density at radius 1 is 0.958 bits per heavy atom. The first-order chi connectivity index (χ1) is 11.2. The predicted octanol–water partition coefficient (Wildman–Crippen LogP) is 3.99. The van der Waals surface area contributed by atoms with E-state index in [1.165, 1.54) is 12.5 Å². The van der Waals surface area contributed by atoms with Crippen LogP contribution in [0.15, 0.2) is 24.3 Å². The minimum Gasteiger partial charge on any atom is -0.341 e. The summed E-state index contributed by atoms with van der Waals surface area (Å²) >= 11 is 0. The van der Waals surface area contributed by atoms with E-state index >= 15 is 0 Å². The lowest BCUT2D eigenvalue weighted by Crippen LogP contribution is -2.43. The molecule has 0 aliphatic rings. The first kappa shape index (κ1) is 20.2. The molecule has 4 heteroatoms. The first-order valence-electron chi connectivity index (χ1n) is 8.87. The first-order valence-corrected chi connectivity index (χ1v) is 8.87. The largest absolute Gasteiger partial charge is 0.341 e. The standard InChI is InChI=1S/C20H32N2O2/c1-7-13-21(14-8-2)19(24)15-22(16(3)23)18-11-9-17(10-12-18)20(4,5)6/h9-12H,7-8,13-15H2,1-6H3. The molecule has 0 heterocycles. The van der Waals surface area contributed by atoms with Crippen LogP contribution in [-0.2, 0) is 15.0 Å². The van der Waals surface area contributed by atoms with Crippen LogP contribution in [0.25, 0.3) is 0 Å². The number of amides is 2. The summed E-state index contributed by atoms with van der Waals surface area (Å²) in [7, 11) is 0. The minimum absolute atomic E-state index is 0.00815. The molecule has 0 saturated carbocycles. The number of carbonyl (C=O) groups is 2. The average molecular weight is 332 g/mol. The summed E-state index contributed by atoms with van der Waals surface area (Å²) < 4.78 is 0. The van der Waals surface area contributed by atoms with Gasteiger partial charge in [0.25, 0.3) is 0 Å². The molecule has 134 valence electrons. The third-order valence-corrected chi connectivity index (χ3v) is 4.06. The Kier molecular flexibility index (Phi) is 7.46. The van der Waals surface area contributed by atoms with Gasteiger partial charge in [-0.3, -0.25) is 9.59 Å². The molecule has 0 radical (unpaired) electrons. The zero-order valence-corrected chi connectivity index (χ0v) is 16.1. The molecule has 1 aromatic rings. The smallest absolute Gasteiger partial charge is 0.242 e. The number of benzene rings is 1. The van der Waals surface area contributed by atoms with Crippen molar-refractivity contribution in [2.75, 3.05) is 24.5 Å². The van der Waals surface area contributed by atoms with Crippen molar-refractivity contribution in [1.29, 1.82) is 0 Å². The molecule has 0 aromatic heterocycles. The van der Waals surface area contributed by atoms with Gasteiger partial charge in [0.15, 0.2) is 0 Å². The lowest BCUT2D eigenvalue weighted by molar-refractivity contribution is -0.131. The molecule has 1 rings (SSSR count). The zero-order valence-electron chi connectivity index (χ0n) is 16.1. The number of anilines is 1. The van der Waals surface area contributed by atoms with E-state index in [0.717, 1.165) is 31.6 Å². The highest BCUT2D eigenvalue weighted by Crippen LogP contribution is 2.25. The maximum Gasteiger partial charge on any atom is 0.242 e. The molecule has 0 atom stereocenters. The molecule has 0 aliphatic heterocycles. The number of hydrogen-bond acceptors (Lipinski definition) is 2. The summed E-state index contributed by atoms with van der Waals surface area (Å²) in [5.74, 6) is -0.103. The van der Waals surface area contributed by atoms with Gasteiger partial charge in [-0.1, -0.05) is 46.8 Å². The molecule has 4 nitrogen and oxygen atoms in total. The molecular weight excluding hydrogens is 300 g/mol. The Morgan fingerprint density at radius 3 is 1.83 bits per heavy atom. The van der Waals surface area contributed by atoms with Crippen LogP contribution >= 0.6 is 0 Å². The van der Waals surface area contributed by atoms with E-state index < -0.39 is 0 Å². The second-order valence-electron chi connectivity index (χ2n) is 7.28. The Labute approximate surface area is 146 Å². The molecule has 0 spiro atoms. The monoisotopic (exact) mass is 332 g/mol. The maximum atomic E-state index is 12.6. The van der Waals surface area contributed by atoms with E-state index in [9.17, 15) is 9.59 Å². The van der Waals surface area contributed by atoms with Gasteiger partial charge in [0.2, 0.25) is 11.8 Å². The predicted molar refractivity (Wildman–Crippen MR) is 100 cm³/mol. The van der Waals surface area contributed by atoms with Crippen LogP contribution in [0.2, 0.25) is 0 Å². The fourth-order valence-electron chi connectivity index (χ4n) is 2.66. The highest BCUT2D eigenvalue weighted by Gasteiger charge is 2.20. The SMILES string of the molecule is CCCN(CCC)C(=O)CN(C(C)=O)c1ccc(C(C)(C)C)cc1. The van der Waals surface area contributed by atoms with E-state index in [1.54, 1.807) is 4.90 Å². The summed E-state index contributed by atoms with van der Waals surface area (Å²) in [6, 6.07) is 7.93. The van der Waals surface area contributed by atoms with Crippen LogP contribution in [-0.4, -0.2) is 36.3 Å².